The van der Waals surface area contributed by atoms with E-state index in [1.54, 1.807) is 28.8 Å². The minimum absolute atomic E-state index is 0.0511. The van der Waals surface area contributed by atoms with Crippen molar-refractivity contribution in [1.29, 1.82) is 0 Å². The van der Waals surface area contributed by atoms with Gasteiger partial charge in [0.15, 0.2) is 5.65 Å². The van der Waals surface area contributed by atoms with E-state index in [4.69, 9.17) is 9.90 Å². The van der Waals surface area contributed by atoms with Gasteiger partial charge in [-0.2, -0.15) is 13.5 Å². The molecule has 188 valence electrons. The van der Waals surface area contributed by atoms with Crippen LogP contribution < -0.4 is 10.6 Å². The Kier molecular flexibility index (Phi) is 9.64. The number of amides is 1. The second-order valence-electron chi connectivity index (χ2n) is 7.67. The minimum atomic E-state index is -0.250. The van der Waals surface area contributed by atoms with E-state index in [2.05, 4.69) is 20.7 Å². The van der Waals surface area contributed by atoms with Gasteiger partial charge in [-0.25, -0.2) is 4.98 Å². The third-order valence-electron chi connectivity index (χ3n) is 5.17. The number of carbonyl (C=O) groups excluding carboxylic acids is 1. The summed E-state index contributed by atoms with van der Waals surface area (Å²) in [5.41, 5.74) is 3.47. The second-order valence-corrected chi connectivity index (χ2v) is 8.26. The van der Waals surface area contributed by atoms with Gasteiger partial charge in [-0.15, -0.1) is 0 Å². The van der Waals surface area contributed by atoms with Crippen molar-refractivity contribution in [2.24, 2.45) is 0 Å². The lowest BCUT2D eigenvalue weighted by molar-refractivity contribution is -0.123. The fourth-order valence-electron chi connectivity index (χ4n) is 3.43. The molecule has 4 N–H and O–H groups in total. The van der Waals surface area contributed by atoms with E-state index in [1.807, 2.05) is 37.3 Å². The van der Waals surface area contributed by atoms with Gasteiger partial charge < -0.3 is 20.8 Å². The molecule has 11 heteroatoms. The molecular weight excluding hydrogens is 485 g/mol. The number of aromatic hydroxyl groups is 1. The molecule has 2 aromatic heterocycles. The van der Waals surface area contributed by atoms with E-state index in [9.17, 15) is 13.8 Å². The predicted octanol–water partition coefficient (Wildman–Crippen LogP) is 4.81. The fourth-order valence-corrected chi connectivity index (χ4v) is 3.72. The molecule has 36 heavy (non-hydrogen) atoms. The second kappa shape index (κ2) is 13.1. The van der Waals surface area contributed by atoms with Crippen LogP contribution in [0.25, 0.3) is 16.9 Å². The molecule has 2 aromatic carbocycles. The largest absolute Gasteiger partial charge is 0.507 e. The Hall–Kier alpha value is -4.12. The van der Waals surface area contributed by atoms with Crippen LogP contribution in [0.4, 0.5) is 9.70 Å². The zero-order valence-corrected chi connectivity index (χ0v) is 20.3. The summed E-state index contributed by atoms with van der Waals surface area (Å²) in [7, 11) is 0. The van der Waals surface area contributed by atoms with Crippen LogP contribution in [-0.4, -0.2) is 37.2 Å². The van der Waals surface area contributed by atoms with Gasteiger partial charge in [0.05, 0.1) is 24.0 Å². The molecule has 0 bridgehead atoms. The van der Waals surface area contributed by atoms with Gasteiger partial charge in [0.25, 0.3) is 6.47 Å². The lowest BCUT2D eigenvalue weighted by Gasteiger charge is -2.12. The maximum absolute atomic E-state index is 13.4. The number of nitrogens with zero attached hydrogens (tertiary/aromatic N) is 3. The van der Waals surface area contributed by atoms with Crippen molar-refractivity contribution in [3.8, 4) is 17.0 Å². The maximum atomic E-state index is 13.4. The van der Waals surface area contributed by atoms with E-state index in [0.717, 1.165) is 17.5 Å². The van der Waals surface area contributed by atoms with Crippen LogP contribution in [0.15, 0.2) is 65.7 Å². The lowest BCUT2D eigenvalue weighted by atomic mass is 10.1. The molecule has 0 saturated carbocycles. The molecule has 0 spiro atoms. The number of fused-ring (bicyclic) bond motifs is 1. The SMILES string of the molecule is CCCC(=O)NCc1ccc(CNc2cc(-c3ccccc3O)nc3c(SF)cnn23)cc1.O=CO. The number of rotatable bonds is 9. The average Bonchev–Trinajstić information content (AvgIpc) is 3.31. The summed E-state index contributed by atoms with van der Waals surface area (Å²) in [5, 5.41) is 27.6. The zero-order chi connectivity index (χ0) is 25.9. The lowest BCUT2D eigenvalue weighted by Crippen LogP contribution is -2.22. The summed E-state index contributed by atoms with van der Waals surface area (Å²) in [6, 6.07) is 16.6. The Morgan fingerprint density at radius 3 is 2.44 bits per heavy atom. The first-order chi connectivity index (χ1) is 17.5. The molecule has 2 heterocycles. The average molecular weight is 512 g/mol. The Morgan fingerprint density at radius 1 is 1.14 bits per heavy atom. The van der Waals surface area contributed by atoms with Crippen LogP contribution >= 0.6 is 12.1 Å². The van der Waals surface area contributed by atoms with Crippen LogP contribution in [0.3, 0.4) is 0 Å². The smallest absolute Gasteiger partial charge is 0.290 e. The zero-order valence-electron chi connectivity index (χ0n) is 19.5. The van der Waals surface area contributed by atoms with Crippen molar-refractivity contribution in [3.05, 3.63) is 71.9 Å². The fraction of sp³-hybridized carbons (Fsp3) is 0.200. The highest BCUT2D eigenvalue weighted by molar-refractivity contribution is 7.94. The number of benzene rings is 2. The number of anilines is 1. The molecule has 4 rings (SSSR count). The summed E-state index contributed by atoms with van der Waals surface area (Å²) in [5.74, 6) is 0.764. The number of halogens is 1. The third kappa shape index (κ3) is 6.72. The van der Waals surface area contributed by atoms with Gasteiger partial charge in [0.1, 0.15) is 16.5 Å². The standard InChI is InChI=1S/C24H24FN5O2S.CH2O2/c1-2-5-23(32)27-14-17-10-8-16(9-11-17)13-26-22-12-19(18-6-3-4-7-20(18)31)29-24-21(33-25)15-28-30(22)24;2-1-3/h3-4,6-12,15,26,31H,2,5,13-14H2,1H3,(H,27,32);1H,(H,2,3). The van der Waals surface area contributed by atoms with Crippen LogP contribution in [-0.2, 0) is 22.7 Å². The summed E-state index contributed by atoms with van der Waals surface area (Å²) in [6.45, 7) is 2.72. The number of nitrogens with one attached hydrogen (secondary N) is 2. The Balaban J connectivity index is 0.00000115. The van der Waals surface area contributed by atoms with E-state index >= 15 is 0 Å². The first-order valence-corrected chi connectivity index (χ1v) is 11.8. The molecule has 0 radical (unpaired) electrons. The normalized spacial score (nSPS) is 10.4. The minimum Gasteiger partial charge on any atom is -0.507 e. The first-order valence-electron chi connectivity index (χ1n) is 11.1. The Labute approximate surface area is 211 Å². The topological polar surface area (TPSA) is 129 Å². The van der Waals surface area contributed by atoms with Crippen LogP contribution in [0.5, 0.6) is 5.75 Å². The highest BCUT2D eigenvalue weighted by atomic mass is 32.2. The number of aromatic nitrogens is 3. The summed E-state index contributed by atoms with van der Waals surface area (Å²) >= 11 is 0.0813. The van der Waals surface area contributed by atoms with Crippen molar-refractivity contribution < 1.29 is 23.7 Å². The van der Waals surface area contributed by atoms with Gasteiger partial charge in [0.2, 0.25) is 5.91 Å². The highest BCUT2D eigenvalue weighted by Gasteiger charge is 2.15. The molecule has 0 aliphatic carbocycles. The first kappa shape index (κ1) is 26.5. The van der Waals surface area contributed by atoms with Crippen molar-refractivity contribution in [2.75, 3.05) is 5.32 Å². The molecule has 9 nitrogen and oxygen atoms in total. The quantitative estimate of drug-likeness (QED) is 0.236. The van der Waals surface area contributed by atoms with Crippen LogP contribution in [0, 0.1) is 0 Å². The summed E-state index contributed by atoms with van der Waals surface area (Å²) in [6.07, 6.45) is 2.78. The number of para-hydroxylation sites is 1. The number of hydrogen-bond donors (Lipinski definition) is 4. The van der Waals surface area contributed by atoms with Crippen molar-refractivity contribution in [3.63, 3.8) is 0 Å². The Bertz CT molecular complexity index is 1310. The Morgan fingerprint density at radius 2 is 1.81 bits per heavy atom. The predicted molar refractivity (Wildman–Crippen MR) is 136 cm³/mol. The number of hydrogen-bond acceptors (Lipinski definition) is 7. The molecule has 0 fully saturated rings. The number of carboxylic acid groups (broad SMARTS) is 1. The van der Waals surface area contributed by atoms with Crippen LogP contribution in [0.2, 0.25) is 0 Å². The monoisotopic (exact) mass is 511 g/mol. The molecule has 0 atom stereocenters. The van der Waals surface area contributed by atoms with Crippen molar-refractivity contribution in [2.45, 2.75) is 37.8 Å². The molecule has 0 aliphatic heterocycles. The number of phenolic OH excluding ortho intramolecular Hbond substituents is 1. The van der Waals surface area contributed by atoms with E-state index in [0.29, 0.717) is 47.1 Å². The van der Waals surface area contributed by atoms with E-state index < -0.39 is 0 Å². The molecule has 0 saturated heterocycles. The molecule has 0 aliphatic rings. The van der Waals surface area contributed by atoms with Crippen LogP contribution in [0.1, 0.15) is 30.9 Å². The van der Waals surface area contributed by atoms with Gasteiger partial charge in [-0.05, 0) is 29.7 Å². The van der Waals surface area contributed by atoms with E-state index in [-0.39, 0.29) is 30.3 Å². The molecule has 0 unspecified atom stereocenters. The number of phenols is 1. The number of carbonyl (C=O) groups is 2. The van der Waals surface area contributed by atoms with Gasteiger partial charge in [-0.1, -0.05) is 43.3 Å². The van der Waals surface area contributed by atoms with Gasteiger partial charge >= 0.3 is 0 Å². The molecular formula is C25H26FN5O4S. The van der Waals surface area contributed by atoms with Gasteiger partial charge in [0, 0.05) is 31.1 Å². The maximum Gasteiger partial charge on any atom is 0.290 e. The molecule has 4 aromatic rings. The highest BCUT2D eigenvalue weighted by Crippen LogP contribution is 2.32. The summed E-state index contributed by atoms with van der Waals surface area (Å²) < 4.78 is 15.0. The summed E-state index contributed by atoms with van der Waals surface area (Å²) in [4.78, 5) is 24.8. The van der Waals surface area contributed by atoms with E-state index in [1.165, 1.54) is 6.20 Å². The van der Waals surface area contributed by atoms with Crippen molar-refractivity contribution in [1.82, 2.24) is 19.9 Å². The van der Waals surface area contributed by atoms with Gasteiger partial charge in [-0.3, -0.25) is 9.59 Å². The van der Waals surface area contributed by atoms with Crippen molar-refractivity contribution >= 4 is 36.0 Å². The third-order valence-corrected chi connectivity index (χ3v) is 5.62. The molecule has 1 amide bonds.